The van der Waals surface area contributed by atoms with Crippen molar-refractivity contribution < 1.29 is 25.5 Å². The van der Waals surface area contributed by atoms with Crippen LogP contribution in [0.3, 0.4) is 0 Å². The summed E-state index contributed by atoms with van der Waals surface area (Å²) in [6.45, 7) is -3.95. The normalized spacial score (nSPS) is 19.1. The van der Waals surface area contributed by atoms with Gasteiger partial charge in [0, 0.05) is 43.4 Å². The molecule has 0 saturated carbocycles. The number of anilines is 4. The lowest BCUT2D eigenvalue weighted by Crippen LogP contribution is -2.40. The summed E-state index contributed by atoms with van der Waals surface area (Å²) in [5.74, 6) is 0.563. The van der Waals surface area contributed by atoms with Crippen LogP contribution in [-0.4, -0.2) is 55.0 Å². The first-order chi connectivity index (χ1) is 21.2. The summed E-state index contributed by atoms with van der Waals surface area (Å²) < 4.78 is 105. The van der Waals surface area contributed by atoms with Crippen LogP contribution in [0.25, 0.3) is 0 Å². The van der Waals surface area contributed by atoms with E-state index < -0.39 is 35.8 Å². The van der Waals surface area contributed by atoms with Crippen molar-refractivity contribution in [3.8, 4) is 5.75 Å². The zero-order valence-electron chi connectivity index (χ0n) is 29.6. The minimum atomic E-state index is -4.62. The van der Waals surface area contributed by atoms with Crippen LogP contribution in [0.2, 0.25) is 0 Å². The molecule has 1 aromatic heterocycles. The van der Waals surface area contributed by atoms with Crippen LogP contribution in [0, 0.1) is 6.92 Å². The number of aromatic nitrogens is 2. The Morgan fingerprint density at radius 2 is 1.89 bits per heavy atom. The van der Waals surface area contributed by atoms with Gasteiger partial charge in [-0.25, -0.2) is 18.1 Å². The van der Waals surface area contributed by atoms with E-state index in [1.165, 1.54) is 24.3 Å². The van der Waals surface area contributed by atoms with Crippen molar-refractivity contribution in [1.82, 2.24) is 19.6 Å². The number of likely N-dealkylation sites (tertiary alicyclic amines) is 1. The fourth-order valence-corrected chi connectivity index (χ4v) is 4.87. The van der Waals surface area contributed by atoms with Crippen molar-refractivity contribution in [3.05, 3.63) is 60.3 Å². The molecule has 1 saturated heterocycles. The van der Waals surface area contributed by atoms with Gasteiger partial charge in [0.2, 0.25) is 16.0 Å². The van der Waals surface area contributed by atoms with Gasteiger partial charge in [-0.05, 0) is 95.9 Å². The standard InChI is InChI=1S/C27H36N6O3S/c1-20-19-28-26(30-21-10-12-23(13-11-21)36-17-16-33-14-5-6-15-33)31-25(20)29-22-8-7-9-24(18-22)37(34,35)32-27(2,3)4/h7-13,18-19,32H,5-6,14-17H2,1-4H3,(H2,28,29,30,31)/i2D3,3D3,17D2,19D. The van der Waals surface area contributed by atoms with Gasteiger partial charge in [0.05, 0.1) is 9.01 Å². The van der Waals surface area contributed by atoms with Gasteiger partial charge in [0.15, 0.2) is 0 Å². The number of rotatable bonds is 10. The second kappa shape index (κ2) is 11.5. The van der Waals surface area contributed by atoms with E-state index in [1.54, 1.807) is 31.2 Å². The van der Waals surface area contributed by atoms with Gasteiger partial charge in [-0.2, -0.15) is 4.98 Å². The molecule has 0 aliphatic carbocycles. The first kappa shape index (κ1) is 17.3. The van der Waals surface area contributed by atoms with Crippen LogP contribution in [0.15, 0.2) is 59.6 Å². The minimum absolute atomic E-state index is 0.0488. The van der Waals surface area contributed by atoms with Crippen LogP contribution in [-0.2, 0) is 10.0 Å². The number of sulfonamides is 1. The Morgan fingerprint density at radius 1 is 1.14 bits per heavy atom. The third kappa shape index (κ3) is 7.88. The summed E-state index contributed by atoms with van der Waals surface area (Å²) in [5, 5.41) is 5.93. The SMILES string of the molecule is [2H]c1nc(Nc2ccc(OC([2H])([2H])CN3CCCC3)cc2)nc(Nc2cccc(S(=O)(=O)NC(C)(C([2H])([2H])[2H])C([2H])([2H])[2H])c2)c1C. The van der Waals surface area contributed by atoms with Gasteiger partial charge in [0.25, 0.3) is 0 Å². The first-order valence-electron chi connectivity index (χ1n) is 16.2. The molecule has 1 fully saturated rings. The lowest BCUT2D eigenvalue weighted by molar-refractivity contribution is 0.238. The lowest BCUT2D eigenvalue weighted by atomic mass is 10.1. The van der Waals surface area contributed by atoms with Crippen molar-refractivity contribution in [2.45, 2.75) is 50.8 Å². The summed E-state index contributed by atoms with van der Waals surface area (Å²) in [6.07, 6.45) is 1.97. The van der Waals surface area contributed by atoms with Crippen LogP contribution in [0.1, 0.15) is 51.4 Å². The molecular weight excluding hydrogens is 488 g/mol. The predicted octanol–water partition coefficient (Wildman–Crippen LogP) is 4.82. The van der Waals surface area contributed by atoms with Crippen molar-refractivity contribution in [3.63, 3.8) is 0 Å². The van der Waals surface area contributed by atoms with E-state index in [4.69, 9.17) is 17.1 Å². The average molecular weight is 534 g/mol. The molecule has 3 aromatic rings. The van der Waals surface area contributed by atoms with E-state index >= 15 is 0 Å². The molecular formula is C27H36N6O3S. The molecule has 3 N–H and O–H groups in total. The third-order valence-electron chi connectivity index (χ3n) is 5.44. The summed E-state index contributed by atoms with van der Waals surface area (Å²) >= 11 is 0. The van der Waals surface area contributed by atoms with Crippen molar-refractivity contribution in [2.75, 3.05) is 36.8 Å². The Morgan fingerprint density at radius 3 is 2.62 bits per heavy atom. The molecule has 198 valence electrons. The topological polar surface area (TPSA) is 108 Å². The van der Waals surface area contributed by atoms with Gasteiger partial charge >= 0.3 is 0 Å². The molecule has 9 nitrogen and oxygen atoms in total. The largest absolute Gasteiger partial charge is 0.492 e. The molecule has 2 heterocycles. The number of hydrogen-bond acceptors (Lipinski definition) is 8. The van der Waals surface area contributed by atoms with Gasteiger partial charge in [-0.1, -0.05) is 6.07 Å². The second-order valence-corrected chi connectivity index (χ2v) is 10.6. The zero-order chi connectivity index (χ0) is 34.1. The van der Waals surface area contributed by atoms with Crippen molar-refractivity contribution >= 4 is 33.2 Å². The molecule has 0 spiro atoms. The average Bonchev–Trinajstić information content (AvgIpc) is 3.43. The number of benzene rings is 2. The van der Waals surface area contributed by atoms with Crippen molar-refractivity contribution in [2.24, 2.45) is 0 Å². The third-order valence-corrected chi connectivity index (χ3v) is 6.99. The highest BCUT2D eigenvalue weighted by molar-refractivity contribution is 7.89. The fraction of sp³-hybridized carbons (Fsp3) is 0.407. The molecule has 0 amide bonds. The Bertz CT molecular complexity index is 1630. The highest BCUT2D eigenvalue weighted by atomic mass is 32.2. The van der Waals surface area contributed by atoms with Crippen LogP contribution >= 0.6 is 0 Å². The molecule has 10 heteroatoms. The van der Waals surface area contributed by atoms with E-state index in [1.807, 2.05) is 9.62 Å². The Hall–Kier alpha value is -3.21. The molecule has 0 unspecified atom stereocenters. The molecule has 4 rings (SSSR count). The zero-order valence-corrected chi connectivity index (χ0v) is 21.4. The second-order valence-electron chi connectivity index (χ2n) is 8.89. The molecule has 0 radical (unpaired) electrons. The van der Waals surface area contributed by atoms with E-state index in [0.29, 0.717) is 17.0 Å². The van der Waals surface area contributed by atoms with Gasteiger partial charge in [-0.15, -0.1) is 0 Å². The molecule has 37 heavy (non-hydrogen) atoms. The Kier molecular flexibility index (Phi) is 5.36. The number of ether oxygens (including phenoxy) is 1. The summed E-state index contributed by atoms with van der Waals surface area (Å²) in [7, 11) is -4.62. The van der Waals surface area contributed by atoms with Crippen molar-refractivity contribution in [1.29, 1.82) is 0 Å². The smallest absolute Gasteiger partial charge is 0.241 e. The van der Waals surface area contributed by atoms with E-state index in [9.17, 15) is 8.42 Å². The van der Waals surface area contributed by atoms with Crippen LogP contribution < -0.4 is 20.1 Å². The summed E-state index contributed by atoms with van der Waals surface area (Å²) in [5.41, 5.74) is -1.66. The maximum atomic E-state index is 13.2. The predicted molar refractivity (Wildman–Crippen MR) is 147 cm³/mol. The van der Waals surface area contributed by atoms with E-state index in [0.717, 1.165) is 32.9 Å². The first-order valence-corrected chi connectivity index (χ1v) is 13.2. The monoisotopic (exact) mass is 533 g/mol. The number of hydrogen-bond donors (Lipinski definition) is 3. The fourth-order valence-electron chi connectivity index (χ4n) is 3.67. The summed E-state index contributed by atoms with van der Waals surface area (Å²) in [4.78, 5) is 10.2. The highest BCUT2D eigenvalue weighted by Gasteiger charge is 2.22. The van der Waals surface area contributed by atoms with Gasteiger partial charge in [0.1, 0.15) is 18.1 Å². The van der Waals surface area contributed by atoms with Crippen LogP contribution in [0.5, 0.6) is 5.75 Å². The quantitative estimate of drug-likeness (QED) is 0.340. The Balaban J connectivity index is 1.50. The Labute approximate surface area is 232 Å². The molecule has 0 bridgehead atoms. The highest BCUT2D eigenvalue weighted by Crippen LogP contribution is 2.24. The maximum Gasteiger partial charge on any atom is 0.241 e. The molecule has 0 atom stereocenters. The maximum absolute atomic E-state index is 13.2. The van der Waals surface area contributed by atoms with E-state index in [2.05, 4.69) is 20.6 Å². The molecule has 2 aromatic carbocycles. The van der Waals surface area contributed by atoms with E-state index in [-0.39, 0.29) is 35.1 Å². The van der Waals surface area contributed by atoms with Gasteiger partial charge in [-0.3, -0.25) is 4.90 Å². The van der Waals surface area contributed by atoms with Crippen LogP contribution in [0.4, 0.5) is 23.1 Å². The number of nitrogens with one attached hydrogen (secondary N) is 3. The van der Waals surface area contributed by atoms with Gasteiger partial charge < -0.3 is 15.4 Å². The minimum Gasteiger partial charge on any atom is -0.492 e. The lowest BCUT2D eigenvalue weighted by Gasteiger charge is -2.20. The number of nitrogens with zero attached hydrogens (tertiary/aromatic N) is 3. The summed E-state index contributed by atoms with van der Waals surface area (Å²) in [6, 6.07) is 11.8. The molecule has 1 aliphatic rings. The molecule has 1 aliphatic heterocycles.